The molecule has 5 nitrogen and oxygen atoms in total. The molecule has 2 heterocycles. The van der Waals surface area contributed by atoms with Crippen molar-refractivity contribution in [1.29, 1.82) is 0 Å². The average Bonchev–Trinajstić information content (AvgIpc) is 2.90. The molecule has 136 valence electrons. The van der Waals surface area contributed by atoms with E-state index in [-0.39, 0.29) is 24.0 Å². The van der Waals surface area contributed by atoms with E-state index < -0.39 is 21.4 Å². The van der Waals surface area contributed by atoms with Crippen LogP contribution in [0.2, 0.25) is 0 Å². The van der Waals surface area contributed by atoms with E-state index in [1.165, 1.54) is 29.4 Å². The van der Waals surface area contributed by atoms with Gasteiger partial charge in [-0.15, -0.1) is 0 Å². The largest absolute Gasteiger partial charge is 0.450 e. The zero-order valence-corrected chi connectivity index (χ0v) is 15.1. The molecular weight excluding hydrogens is 357 g/mol. The minimum absolute atomic E-state index is 0.0798. The molecule has 0 radical (unpaired) electrons. The number of ether oxygens (including phenoxy) is 1. The quantitative estimate of drug-likeness (QED) is 0.757. The van der Waals surface area contributed by atoms with Crippen molar-refractivity contribution in [2.75, 3.05) is 13.1 Å². The maximum absolute atomic E-state index is 13.4. The van der Waals surface area contributed by atoms with Crippen LogP contribution in [0.15, 0.2) is 47.4 Å². The highest BCUT2D eigenvalue weighted by Crippen LogP contribution is 2.44. The Hall–Kier alpha value is -2.25. The monoisotopic (exact) mass is 375 g/mol. The van der Waals surface area contributed by atoms with Gasteiger partial charge < -0.3 is 4.74 Å². The van der Waals surface area contributed by atoms with Gasteiger partial charge in [0.05, 0.1) is 10.5 Å². The summed E-state index contributed by atoms with van der Waals surface area (Å²) in [4.78, 5) is 12.2. The van der Waals surface area contributed by atoms with Gasteiger partial charge >= 0.3 is 5.97 Å². The summed E-state index contributed by atoms with van der Waals surface area (Å²) < 4.78 is 46.2. The number of carbonyl (C=O) groups is 1. The fourth-order valence-corrected chi connectivity index (χ4v) is 5.26. The van der Waals surface area contributed by atoms with Gasteiger partial charge in [-0.25, -0.2) is 17.6 Å². The number of hydrogen-bond donors (Lipinski definition) is 0. The molecule has 2 aliphatic rings. The zero-order chi connectivity index (χ0) is 18.5. The molecule has 2 aliphatic heterocycles. The number of nitrogens with zero attached hydrogens (tertiary/aromatic N) is 1. The summed E-state index contributed by atoms with van der Waals surface area (Å²) in [6.07, 6.45) is 0.796. The van der Waals surface area contributed by atoms with Gasteiger partial charge in [0.25, 0.3) is 0 Å². The highest BCUT2D eigenvalue weighted by molar-refractivity contribution is 7.89. The molecule has 2 aromatic rings. The van der Waals surface area contributed by atoms with Crippen LogP contribution in [0.25, 0.3) is 0 Å². The van der Waals surface area contributed by atoms with Crippen molar-refractivity contribution in [1.82, 2.24) is 4.31 Å². The van der Waals surface area contributed by atoms with E-state index in [0.717, 1.165) is 5.56 Å². The molecule has 0 amide bonds. The number of aryl methyl sites for hydroxylation is 1. The fraction of sp³-hybridized carbons (Fsp3) is 0.316. The maximum atomic E-state index is 13.4. The van der Waals surface area contributed by atoms with Gasteiger partial charge in [-0.05, 0) is 36.8 Å². The van der Waals surface area contributed by atoms with Crippen molar-refractivity contribution < 1.29 is 22.3 Å². The molecule has 0 saturated carbocycles. The number of carbonyl (C=O) groups excluding carboxylic acids is 1. The van der Waals surface area contributed by atoms with Crippen LogP contribution in [0.5, 0.6) is 0 Å². The second-order valence-corrected chi connectivity index (χ2v) is 8.68. The standard InChI is InChI=1S/C19H18FNO4S/c1-13-12-14(6-7-17(13)20)26(23,24)21-10-8-19(9-11-21)16-5-3-2-4-15(16)18(22)25-19/h2-7,12H,8-11H2,1H3. The van der Waals surface area contributed by atoms with Crippen LogP contribution in [0, 0.1) is 12.7 Å². The summed E-state index contributed by atoms with van der Waals surface area (Å²) in [5.74, 6) is -0.790. The Balaban J connectivity index is 1.59. The first-order chi connectivity index (χ1) is 12.3. The summed E-state index contributed by atoms with van der Waals surface area (Å²) in [5.41, 5.74) is 0.925. The summed E-state index contributed by atoms with van der Waals surface area (Å²) in [7, 11) is -3.71. The van der Waals surface area contributed by atoms with Crippen LogP contribution in [0.4, 0.5) is 4.39 Å². The molecule has 0 unspecified atom stereocenters. The van der Waals surface area contributed by atoms with Crippen molar-refractivity contribution in [2.24, 2.45) is 0 Å². The number of benzene rings is 2. The van der Waals surface area contributed by atoms with E-state index in [0.29, 0.717) is 24.0 Å². The SMILES string of the molecule is Cc1cc(S(=O)(=O)N2CCC3(CC2)OC(=O)c2ccccc23)ccc1F. The molecule has 0 N–H and O–H groups in total. The smallest absolute Gasteiger partial charge is 0.339 e. The maximum Gasteiger partial charge on any atom is 0.339 e. The molecule has 1 spiro atoms. The molecule has 26 heavy (non-hydrogen) atoms. The third-order valence-corrected chi connectivity index (χ3v) is 7.12. The van der Waals surface area contributed by atoms with Gasteiger partial charge in [-0.1, -0.05) is 18.2 Å². The molecule has 0 bridgehead atoms. The predicted octanol–water partition coefficient (Wildman–Crippen LogP) is 2.98. The normalized spacial score (nSPS) is 19.4. The second kappa shape index (κ2) is 5.89. The second-order valence-electron chi connectivity index (χ2n) is 6.74. The lowest BCUT2D eigenvalue weighted by molar-refractivity contribution is -0.0329. The van der Waals surface area contributed by atoms with E-state index in [1.807, 2.05) is 12.1 Å². The number of hydrogen-bond acceptors (Lipinski definition) is 4. The molecule has 1 saturated heterocycles. The first-order valence-electron chi connectivity index (χ1n) is 8.43. The molecule has 0 aliphatic carbocycles. The van der Waals surface area contributed by atoms with E-state index in [1.54, 1.807) is 12.1 Å². The number of rotatable bonds is 2. The third-order valence-electron chi connectivity index (χ3n) is 5.22. The Morgan fingerprint density at radius 2 is 1.81 bits per heavy atom. The first kappa shape index (κ1) is 17.2. The van der Waals surface area contributed by atoms with Crippen molar-refractivity contribution in [3.63, 3.8) is 0 Å². The Bertz CT molecular complexity index is 994. The Morgan fingerprint density at radius 3 is 2.50 bits per heavy atom. The summed E-state index contributed by atoms with van der Waals surface area (Å²) in [6.45, 7) is 2.01. The first-order valence-corrected chi connectivity index (χ1v) is 9.87. The molecular formula is C19H18FNO4S. The molecule has 1 fully saturated rings. The van der Waals surface area contributed by atoms with Crippen LogP contribution in [-0.4, -0.2) is 31.8 Å². The molecule has 0 atom stereocenters. The van der Waals surface area contributed by atoms with E-state index in [9.17, 15) is 17.6 Å². The van der Waals surface area contributed by atoms with Crippen molar-refractivity contribution in [2.45, 2.75) is 30.3 Å². The minimum Gasteiger partial charge on any atom is -0.450 e. The summed E-state index contributed by atoms with van der Waals surface area (Å²) >= 11 is 0. The lowest BCUT2D eigenvalue weighted by Gasteiger charge is -2.37. The number of fused-ring (bicyclic) bond motifs is 2. The fourth-order valence-electron chi connectivity index (χ4n) is 3.73. The van der Waals surface area contributed by atoms with Gasteiger partial charge in [-0.3, -0.25) is 0 Å². The molecule has 0 aromatic heterocycles. The van der Waals surface area contributed by atoms with Crippen LogP contribution < -0.4 is 0 Å². The van der Waals surface area contributed by atoms with E-state index in [4.69, 9.17) is 4.74 Å². The van der Waals surface area contributed by atoms with Gasteiger partial charge in [-0.2, -0.15) is 4.31 Å². The van der Waals surface area contributed by atoms with Crippen molar-refractivity contribution >= 4 is 16.0 Å². The summed E-state index contributed by atoms with van der Waals surface area (Å²) in [6, 6.07) is 11.0. The van der Waals surface area contributed by atoms with Crippen molar-refractivity contribution in [3.05, 3.63) is 65.0 Å². The number of sulfonamides is 1. The van der Waals surface area contributed by atoms with Crippen LogP contribution in [-0.2, 0) is 20.4 Å². The van der Waals surface area contributed by atoms with E-state index in [2.05, 4.69) is 0 Å². The summed E-state index contributed by atoms with van der Waals surface area (Å²) in [5, 5.41) is 0. The van der Waals surface area contributed by atoms with Crippen LogP contribution in [0.3, 0.4) is 0 Å². The predicted molar refractivity (Wildman–Crippen MR) is 92.7 cm³/mol. The number of esters is 1. The van der Waals surface area contributed by atoms with Gasteiger partial charge in [0.1, 0.15) is 11.4 Å². The highest BCUT2D eigenvalue weighted by atomic mass is 32.2. The topological polar surface area (TPSA) is 63.7 Å². The lowest BCUT2D eigenvalue weighted by Crippen LogP contribution is -2.45. The van der Waals surface area contributed by atoms with E-state index >= 15 is 0 Å². The van der Waals surface area contributed by atoms with Crippen LogP contribution >= 0.6 is 0 Å². The Labute approximate surface area is 151 Å². The average molecular weight is 375 g/mol. The van der Waals surface area contributed by atoms with Gasteiger partial charge in [0.2, 0.25) is 10.0 Å². The number of halogens is 1. The van der Waals surface area contributed by atoms with Crippen LogP contribution in [0.1, 0.15) is 34.3 Å². The highest BCUT2D eigenvalue weighted by Gasteiger charge is 2.48. The minimum atomic E-state index is -3.71. The Kier molecular flexibility index (Phi) is 3.89. The zero-order valence-electron chi connectivity index (χ0n) is 14.2. The van der Waals surface area contributed by atoms with Crippen molar-refractivity contribution in [3.8, 4) is 0 Å². The molecule has 2 aromatic carbocycles. The third kappa shape index (κ3) is 2.54. The molecule has 7 heteroatoms. The Morgan fingerprint density at radius 1 is 1.12 bits per heavy atom. The van der Waals surface area contributed by atoms with Gasteiger partial charge in [0.15, 0.2) is 0 Å². The van der Waals surface area contributed by atoms with Gasteiger partial charge in [0, 0.05) is 31.5 Å². The number of piperidine rings is 1. The lowest BCUT2D eigenvalue weighted by atomic mass is 9.84. The molecule has 4 rings (SSSR count).